The minimum Gasteiger partial charge on any atom is -0.375 e. The second kappa shape index (κ2) is 6.02. The van der Waals surface area contributed by atoms with Crippen molar-refractivity contribution in [3.05, 3.63) is 59.2 Å². The first kappa shape index (κ1) is 16.4. The van der Waals surface area contributed by atoms with E-state index in [1.165, 1.54) is 43.3 Å². The second-order valence-corrected chi connectivity index (χ2v) is 6.56. The first-order valence-electron chi connectivity index (χ1n) is 6.54. The quantitative estimate of drug-likeness (QED) is 0.907. The predicted molar refractivity (Wildman–Crippen MR) is 80.9 cm³/mol. The van der Waals surface area contributed by atoms with E-state index in [2.05, 4.69) is 5.32 Å². The van der Waals surface area contributed by atoms with Gasteiger partial charge in [-0.15, -0.1) is 0 Å². The fraction of sp³-hybridized carbons (Fsp3) is 0.200. The average Bonchev–Trinajstić information content (AvgIpc) is 2.43. The summed E-state index contributed by atoms with van der Waals surface area (Å²) in [7, 11) is -4.07. The molecule has 1 atom stereocenters. The maximum Gasteiger partial charge on any atom is 0.240 e. The van der Waals surface area contributed by atoms with E-state index in [0.29, 0.717) is 11.1 Å². The van der Waals surface area contributed by atoms with Gasteiger partial charge in [0.1, 0.15) is 10.7 Å². The van der Waals surface area contributed by atoms with Gasteiger partial charge in [-0.05, 0) is 43.2 Å². The van der Waals surface area contributed by atoms with Crippen molar-refractivity contribution in [1.82, 2.24) is 0 Å². The molecule has 2 rings (SSSR count). The Morgan fingerprint density at radius 3 is 2.23 bits per heavy atom. The molecule has 1 unspecified atom stereocenters. The molecular weight excluding hydrogens is 310 g/mol. The van der Waals surface area contributed by atoms with Gasteiger partial charge < -0.3 is 5.32 Å². The Balaban J connectivity index is 2.44. The Hall–Kier alpha value is -1.99. The number of benzene rings is 2. The molecule has 0 aliphatic carbocycles. The monoisotopic (exact) mass is 326 g/mol. The second-order valence-electron chi connectivity index (χ2n) is 5.03. The van der Waals surface area contributed by atoms with Gasteiger partial charge >= 0.3 is 0 Å². The van der Waals surface area contributed by atoms with E-state index < -0.39 is 21.9 Å². The van der Waals surface area contributed by atoms with E-state index in [0.717, 1.165) is 0 Å². The van der Waals surface area contributed by atoms with Crippen LogP contribution in [0, 0.1) is 18.6 Å². The van der Waals surface area contributed by atoms with Gasteiger partial charge in [0.2, 0.25) is 10.0 Å². The number of halogens is 2. The van der Waals surface area contributed by atoms with Gasteiger partial charge in [-0.2, -0.15) is 0 Å². The molecule has 0 aliphatic heterocycles. The Morgan fingerprint density at radius 1 is 1.09 bits per heavy atom. The Bertz CT molecular complexity index is 790. The number of anilines is 1. The minimum absolute atomic E-state index is 0.181. The van der Waals surface area contributed by atoms with Crippen LogP contribution < -0.4 is 10.5 Å². The molecule has 0 saturated carbocycles. The molecule has 7 heteroatoms. The summed E-state index contributed by atoms with van der Waals surface area (Å²) in [6.07, 6.45) is 0. The van der Waals surface area contributed by atoms with Crippen LogP contribution in [0.25, 0.3) is 0 Å². The molecule has 2 aromatic rings. The maximum absolute atomic E-state index is 14.3. The van der Waals surface area contributed by atoms with Gasteiger partial charge in [0.15, 0.2) is 5.82 Å². The van der Waals surface area contributed by atoms with Crippen LogP contribution in [0.2, 0.25) is 0 Å². The molecule has 0 amide bonds. The van der Waals surface area contributed by atoms with Crippen LogP contribution in [0.1, 0.15) is 24.1 Å². The van der Waals surface area contributed by atoms with E-state index in [1.54, 1.807) is 6.92 Å². The summed E-state index contributed by atoms with van der Waals surface area (Å²) < 4.78 is 50.4. The first-order chi connectivity index (χ1) is 10.2. The highest BCUT2D eigenvalue weighted by molar-refractivity contribution is 7.89. The van der Waals surface area contributed by atoms with Gasteiger partial charge in [0, 0.05) is 6.04 Å². The van der Waals surface area contributed by atoms with Gasteiger partial charge in [0.25, 0.3) is 0 Å². The molecule has 0 aromatic heterocycles. The highest BCUT2D eigenvalue weighted by Crippen LogP contribution is 2.29. The van der Waals surface area contributed by atoms with Crippen LogP contribution in [0.3, 0.4) is 0 Å². The molecular formula is C15H16F2N2O2S. The van der Waals surface area contributed by atoms with Crippen LogP contribution in [-0.2, 0) is 10.0 Å². The van der Waals surface area contributed by atoms with E-state index in [9.17, 15) is 17.2 Å². The highest BCUT2D eigenvalue weighted by Gasteiger charge is 2.21. The lowest BCUT2D eigenvalue weighted by Gasteiger charge is -2.19. The first-order valence-corrected chi connectivity index (χ1v) is 8.08. The van der Waals surface area contributed by atoms with Gasteiger partial charge in [-0.1, -0.05) is 18.2 Å². The largest absolute Gasteiger partial charge is 0.375 e. The zero-order chi connectivity index (χ0) is 16.5. The third-order valence-corrected chi connectivity index (χ3v) is 4.29. The molecule has 118 valence electrons. The van der Waals surface area contributed by atoms with Crippen molar-refractivity contribution in [2.24, 2.45) is 5.14 Å². The van der Waals surface area contributed by atoms with Crippen molar-refractivity contribution >= 4 is 15.7 Å². The van der Waals surface area contributed by atoms with Gasteiger partial charge in [-0.25, -0.2) is 22.3 Å². The zero-order valence-electron chi connectivity index (χ0n) is 12.1. The molecule has 0 radical (unpaired) electrons. The fourth-order valence-electron chi connectivity index (χ4n) is 2.09. The molecule has 0 heterocycles. The Labute approximate surface area is 128 Å². The molecule has 0 spiro atoms. The molecule has 22 heavy (non-hydrogen) atoms. The lowest BCUT2D eigenvalue weighted by molar-refractivity contribution is 0.591. The zero-order valence-corrected chi connectivity index (χ0v) is 12.9. The van der Waals surface area contributed by atoms with Crippen molar-refractivity contribution < 1.29 is 17.2 Å². The van der Waals surface area contributed by atoms with Crippen LogP contribution in [0.5, 0.6) is 0 Å². The number of nitrogens with two attached hydrogens (primary N) is 1. The van der Waals surface area contributed by atoms with Crippen molar-refractivity contribution in [3.63, 3.8) is 0 Å². The van der Waals surface area contributed by atoms with Crippen molar-refractivity contribution in [2.45, 2.75) is 24.8 Å². The van der Waals surface area contributed by atoms with Crippen LogP contribution >= 0.6 is 0 Å². The minimum atomic E-state index is -4.07. The number of rotatable bonds is 4. The van der Waals surface area contributed by atoms with Crippen LogP contribution in [0.15, 0.2) is 41.3 Å². The van der Waals surface area contributed by atoms with Crippen LogP contribution in [-0.4, -0.2) is 8.42 Å². The van der Waals surface area contributed by atoms with E-state index >= 15 is 0 Å². The van der Waals surface area contributed by atoms with Crippen molar-refractivity contribution in [2.75, 3.05) is 5.32 Å². The molecule has 2 aromatic carbocycles. The highest BCUT2D eigenvalue weighted by atomic mass is 32.2. The van der Waals surface area contributed by atoms with E-state index in [4.69, 9.17) is 5.14 Å². The summed E-state index contributed by atoms with van der Waals surface area (Å²) in [6, 6.07) is 7.81. The van der Waals surface area contributed by atoms with Gasteiger partial charge in [0.05, 0.1) is 5.69 Å². The van der Waals surface area contributed by atoms with E-state index in [1.807, 2.05) is 0 Å². The number of hydrogen-bond donors (Lipinski definition) is 2. The number of nitrogens with one attached hydrogen (secondary N) is 1. The third kappa shape index (κ3) is 3.42. The standard InChI is InChI=1S/C15H16F2N2O2S/c1-9-3-8-13(22(18,20)21)15(14(9)17)19-10(2)11-4-6-12(16)7-5-11/h3-8,10,19H,1-2H3,(H2,18,20,21). The smallest absolute Gasteiger partial charge is 0.240 e. The summed E-state index contributed by atoms with van der Waals surface area (Å²) in [4.78, 5) is -0.315. The number of hydrogen-bond acceptors (Lipinski definition) is 3. The number of aryl methyl sites for hydroxylation is 1. The number of sulfonamides is 1. The molecule has 0 saturated heterocycles. The molecule has 4 nitrogen and oxygen atoms in total. The fourth-order valence-corrected chi connectivity index (χ4v) is 2.78. The topological polar surface area (TPSA) is 72.2 Å². The molecule has 0 aliphatic rings. The summed E-state index contributed by atoms with van der Waals surface area (Å²) in [5, 5.41) is 7.93. The van der Waals surface area contributed by atoms with Crippen molar-refractivity contribution in [1.29, 1.82) is 0 Å². The normalized spacial score (nSPS) is 13.0. The lowest BCUT2D eigenvalue weighted by Crippen LogP contribution is -2.18. The summed E-state index contributed by atoms with van der Waals surface area (Å²) >= 11 is 0. The van der Waals surface area contributed by atoms with Crippen LogP contribution in [0.4, 0.5) is 14.5 Å². The summed E-state index contributed by atoms with van der Waals surface area (Å²) in [5.74, 6) is -1.07. The summed E-state index contributed by atoms with van der Waals surface area (Å²) in [6.45, 7) is 3.23. The molecule has 0 bridgehead atoms. The SMILES string of the molecule is Cc1ccc(S(N)(=O)=O)c(NC(C)c2ccc(F)cc2)c1F. The average molecular weight is 326 g/mol. The maximum atomic E-state index is 14.3. The Kier molecular flexibility index (Phi) is 4.48. The van der Waals surface area contributed by atoms with E-state index in [-0.39, 0.29) is 16.4 Å². The van der Waals surface area contributed by atoms with Crippen molar-refractivity contribution in [3.8, 4) is 0 Å². The number of primary sulfonamides is 1. The van der Waals surface area contributed by atoms with Gasteiger partial charge in [-0.3, -0.25) is 0 Å². The lowest BCUT2D eigenvalue weighted by atomic mass is 10.1. The Morgan fingerprint density at radius 2 is 1.68 bits per heavy atom. The third-order valence-electron chi connectivity index (χ3n) is 3.33. The molecule has 3 N–H and O–H groups in total. The summed E-state index contributed by atoms with van der Waals surface area (Å²) in [5.41, 5.74) is 0.795. The molecule has 0 fully saturated rings. The predicted octanol–water partition coefficient (Wildman–Crippen LogP) is 3.09.